The first-order valence-corrected chi connectivity index (χ1v) is 6.08. The van der Waals surface area contributed by atoms with Crippen LogP contribution in [0.1, 0.15) is 20.8 Å². The number of allylic oxidation sites excluding steroid dienone is 1. The van der Waals surface area contributed by atoms with Crippen molar-refractivity contribution in [2.75, 3.05) is 4.43 Å². The molecule has 0 saturated carbocycles. The molecule has 0 saturated heterocycles. The second kappa shape index (κ2) is 5.01. The van der Waals surface area contributed by atoms with Gasteiger partial charge in [-0.25, -0.2) is 0 Å². The molecule has 66 valence electrons. The Morgan fingerprint density at radius 2 is 2.00 bits per heavy atom. The zero-order chi connectivity index (χ0) is 9.07. The van der Waals surface area contributed by atoms with Crippen LogP contribution >= 0.6 is 45.2 Å². The molecule has 3 heteroatoms. The van der Waals surface area contributed by atoms with Crippen molar-refractivity contribution in [1.29, 1.82) is 0 Å². The van der Waals surface area contributed by atoms with E-state index in [0.29, 0.717) is 0 Å². The number of hydrogen-bond donors (Lipinski definition) is 1. The SMILES string of the molecule is CC(C)(C)C(O)/C=C(\I)CI. The van der Waals surface area contributed by atoms with Crippen LogP contribution in [0.4, 0.5) is 0 Å². The molecule has 11 heavy (non-hydrogen) atoms. The lowest BCUT2D eigenvalue weighted by atomic mass is 9.89. The summed E-state index contributed by atoms with van der Waals surface area (Å²) in [5, 5.41) is 9.60. The average molecular weight is 380 g/mol. The Morgan fingerprint density at radius 1 is 1.55 bits per heavy atom. The van der Waals surface area contributed by atoms with E-state index >= 15 is 0 Å². The fraction of sp³-hybridized carbons (Fsp3) is 0.750. The van der Waals surface area contributed by atoms with Crippen LogP contribution in [0.15, 0.2) is 9.66 Å². The van der Waals surface area contributed by atoms with E-state index in [9.17, 15) is 5.11 Å². The summed E-state index contributed by atoms with van der Waals surface area (Å²) < 4.78 is 2.19. The minimum Gasteiger partial charge on any atom is -0.388 e. The molecule has 0 fully saturated rings. The van der Waals surface area contributed by atoms with Gasteiger partial charge in [0, 0.05) is 4.43 Å². The molecule has 0 aliphatic carbocycles. The van der Waals surface area contributed by atoms with Crippen LogP contribution in [0.3, 0.4) is 0 Å². The van der Waals surface area contributed by atoms with Crippen molar-refractivity contribution < 1.29 is 5.11 Å². The van der Waals surface area contributed by atoms with Crippen molar-refractivity contribution in [2.24, 2.45) is 5.41 Å². The van der Waals surface area contributed by atoms with Crippen LogP contribution < -0.4 is 0 Å². The highest BCUT2D eigenvalue weighted by molar-refractivity contribution is 14.1. The maximum atomic E-state index is 9.60. The summed E-state index contributed by atoms with van der Waals surface area (Å²) in [6.07, 6.45) is 1.59. The van der Waals surface area contributed by atoms with Crippen molar-refractivity contribution >= 4 is 45.2 Å². The first-order chi connectivity index (χ1) is 4.88. The van der Waals surface area contributed by atoms with Crippen molar-refractivity contribution in [3.8, 4) is 0 Å². The Kier molecular flexibility index (Phi) is 5.54. The molecule has 0 heterocycles. The lowest BCUT2D eigenvalue weighted by Gasteiger charge is -2.23. The molecular formula is C8H14I2O. The molecular weight excluding hydrogens is 366 g/mol. The molecule has 0 aromatic carbocycles. The maximum Gasteiger partial charge on any atom is 0.0779 e. The van der Waals surface area contributed by atoms with Crippen LogP contribution in [0.2, 0.25) is 0 Å². The van der Waals surface area contributed by atoms with Gasteiger partial charge in [-0.05, 0) is 37.7 Å². The van der Waals surface area contributed by atoms with Crippen molar-refractivity contribution in [3.05, 3.63) is 9.66 Å². The summed E-state index contributed by atoms with van der Waals surface area (Å²) in [5.74, 6) is 0. The summed E-state index contributed by atoms with van der Waals surface area (Å²) in [5.41, 5.74) is -0.0395. The van der Waals surface area contributed by atoms with Crippen molar-refractivity contribution in [1.82, 2.24) is 0 Å². The summed E-state index contributed by atoms with van der Waals surface area (Å²) in [4.78, 5) is 0. The van der Waals surface area contributed by atoms with E-state index in [1.54, 1.807) is 0 Å². The van der Waals surface area contributed by atoms with Gasteiger partial charge in [0.1, 0.15) is 0 Å². The predicted molar refractivity (Wildman–Crippen MR) is 66.5 cm³/mol. The molecule has 0 aromatic heterocycles. The van der Waals surface area contributed by atoms with E-state index in [2.05, 4.69) is 45.2 Å². The van der Waals surface area contributed by atoms with Crippen molar-refractivity contribution in [3.63, 3.8) is 0 Å². The van der Waals surface area contributed by atoms with Gasteiger partial charge >= 0.3 is 0 Å². The second-order valence-electron chi connectivity index (χ2n) is 3.56. The molecule has 0 bridgehead atoms. The third kappa shape index (κ3) is 5.41. The largest absolute Gasteiger partial charge is 0.388 e. The monoisotopic (exact) mass is 380 g/mol. The lowest BCUT2D eigenvalue weighted by Crippen LogP contribution is -2.23. The molecule has 0 amide bonds. The molecule has 0 aliphatic heterocycles. The molecule has 0 spiro atoms. The Hall–Kier alpha value is 1.16. The minimum atomic E-state index is -0.329. The highest BCUT2D eigenvalue weighted by atomic mass is 127. The summed E-state index contributed by atoms with van der Waals surface area (Å²) in [6, 6.07) is 0. The zero-order valence-corrected chi connectivity index (χ0v) is 11.4. The number of aliphatic hydroxyl groups is 1. The van der Waals surface area contributed by atoms with Crippen LogP contribution in [-0.2, 0) is 0 Å². The minimum absolute atomic E-state index is 0.0395. The van der Waals surface area contributed by atoms with Crippen LogP contribution in [0.5, 0.6) is 0 Å². The molecule has 1 unspecified atom stereocenters. The summed E-state index contributed by atoms with van der Waals surface area (Å²) in [6.45, 7) is 6.10. The molecule has 0 radical (unpaired) electrons. The number of hydrogen-bond acceptors (Lipinski definition) is 1. The predicted octanol–water partition coefficient (Wildman–Crippen LogP) is 3.15. The van der Waals surface area contributed by atoms with E-state index in [1.165, 1.54) is 3.58 Å². The van der Waals surface area contributed by atoms with Crippen LogP contribution in [-0.4, -0.2) is 15.6 Å². The molecule has 0 aliphatic rings. The molecule has 1 N–H and O–H groups in total. The first-order valence-electron chi connectivity index (χ1n) is 3.48. The third-order valence-electron chi connectivity index (χ3n) is 1.35. The zero-order valence-electron chi connectivity index (χ0n) is 7.06. The number of alkyl halides is 1. The maximum absolute atomic E-state index is 9.60. The fourth-order valence-electron chi connectivity index (χ4n) is 0.466. The molecule has 1 nitrogen and oxygen atoms in total. The normalized spacial score (nSPS) is 16.7. The molecule has 0 rings (SSSR count). The topological polar surface area (TPSA) is 20.2 Å². The van der Waals surface area contributed by atoms with Crippen LogP contribution in [0.25, 0.3) is 0 Å². The number of aliphatic hydroxyl groups excluding tert-OH is 1. The van der Waals surface area contributed by atoms with Gasteiger partial charge in [0.05, 0.1) is 6.10 Å². The average Bonchev–Trinajstić information content (AvgIpc) is 1.85. The van der Waals surface area contributed by atoms with Gasteiger partial charge < -0.3 is 5.11 Å². The van der Waals surface area contributed by atoms with Crippen molar-refractivity contribution in [2.45, 2.75) is 26.9 Å². The van der Waals surface area contributed by atoms with Gasteiger partial charge in [-0.15, -0.1) is 0 Å². The quantitative estimate of drug-likeness (QED) is 0.577. The number of halogens is 2. The Labute approximate surface area is 95.9 Å². The van der Waals surface area contributed by atoms with E-state index in [-0.39, 0.29) is 11.5 Å². The van der Waals surface area contributed by atoms with E-state index in [0.717, 1.165) is 4.43 Å². The van der Waals surface area contributed by atoms with Gasteiger partial charge in [-0.3, -0.25) is 0 Å². The molecule has 0 aromatic rings. The summed E-state index contributed by atoms with van der Waals surface area (Å²) in [7, 11) is 0. The van der Waals surface area contributed by atoms with Gasteiger partial charge in [0.15, 0.2) is 0 Å². The van der Waals surface area contributed by atoms with Gasteiger partial charge in [0.2, 0.25) is 0 Å². The second-order valence-corrected chi connectivity index (χ2v) is 5.71. The summed E-state index contributed by atoms with van der Waals surface area (Å²) >= 11 is 4.54. The van der Waals surface area contributed by atoms with E-state index in [1.807, 2.05) is 26.8 Å². The third-order valence-corrected chi connectivity index (χ3v) is 4.38. The molecule has 1 atom stereocenters. The first kappa shape index (κ1) is 12.2. The highest BCUT2D eigenvalue weighted by Gasteiger charge is 2.19. The van der Waals surface area contributed by atoms with E-state index < -0.39 is 0 Å². The number of rotatable bonds is 2. The standard InChI is InChI=1S/C8H14I2O/c1-8(2,3)7(11)4-6(10)5-9/h4,7,11H,5H2,1-3H3/b6-4-. The van der Waals surface area contributed by atoms with Crippen LogP contribution in [0, 0.1) is 5.41 Å². The highest BCUT2D eigenvalue weighted by Crippen LogP contribution is 2.23. The Morgan fingerprint density at radius 3 is 2.27 bits per heavy atom. The lowest BCUT2D eigenvalue weighted by molar-refractivity contribution is 0.105. The van der Waals surface area contributed by atoms with Gasteiger partial charge in [-0.2, -0.15) is 0 Å². The van der Waals surface area contributed by atoms with Gasteiger partial charge in [-0.1, -0.05) is 43.4 Å². The van der Waals surface area contributed by atoms with Gasteiger partial charge in [0.25, 0.3) is 0 Å². The Bertz CT molecular complexity index is 147. The van der Waals surface area contributed by atoms with E-state index in [4.69, 9.17) is 0 Å². The smallest absolute Gasteiger partial charge is 0.0779 e. The fourth-order valence-corrected chi connectivity index (χ4v) is 1.06. The Balaban J connectivity index is 4.17.